The van der Waals surface area contributed by atoms with Crippen molar-refractivity contribution < 1.29 is 14.3 Å². The van der Waals surface area contributed by atoms with Gasteiger partial charge < -0.3 is 10.3 Å². The molecule has 0 atom stereocenters. The molecule has 0 aromatic heterocycles. The summed E-state index contributed by atoms with van der Waals surface area (Å²) in [6, 6.07) is 9.77. The van der Waals surface area contributed by atoms with E-state index in [1.54, 1.807) is 6.08 Å². The summed E-state index contributed by atoms with van der Waals surface area (Å²) in [5.74, 6) is -0.667. The van der Waals surface area contributed by atoms with Gasteiger partial charge in [-0.25, -0.2) is 4.79 Å². The molecule has 0 aliphatic heterocycles. The van der Waals surface area contributed by atoms with Gasteiger partial charge in [-0.05, 0) is 24.1 Å². The lowest BCUT2D eigenvalue weighted by molar-refractivity contribution is -0.137. The summed E-state index contributed by atoms with van der Waals surface area (Å²) in [4.78, 5) is 13.4. The molecule has 0 amide bonds. The molecule has 0 aliphatic rings. The zero-order valence-electron chi connectivity index (χ0n) is 8.96. The number of nitrogens with zero attached hydrogens (tertiary/aromatic N) is 2. The van der Waals surface area contributed by atoms with Crippen molar-refractivity contribution in [1.29, 1.82) is 0 Å². The predicted molar refractivity (Wildman–Crippen MR) is 60.7 cm³/mol. The molecule has 0 heterocycles. The van der Waals surface area contributed by atoms with E-state index in [0.717, 1.165) is 11.1 Å². The summed E-state index contributed by atoms with van der Waals surface area (Å²) in [6.45, 7) is 2.09. The maximum absolute atomic E-state index is 10.8. The average molecular weight is 216 g/mol. The first-order valence-electron chi connectivity index (χ1n) is 4.80. The van der Waals surface area contributed by atoms with Gasteiger partial charge in [-0.2, -0.15) is 4.79 Å². The summed E-state index contributed by atoms with van der Waals surface area (Å²) in [6.07, 6.45) is 2.50. The molecule has 1 rings (SSSR count). The number of rotatable bonds is 4. The molecule has 4 nitrogen and oxygen atoms in total. The van der Waals surface area contributed by atoms with Crippen LogP contribution in [0.3, 0.4) is 0 Å². The SMILES string of the molecule is CC(=CCOC(=O)C=[N+]=[N-])c1ccccc1. The fourth-order valence-electron chi connectivity index (χ4n) is 1.15. The Kier molecular flexibility index (Phi) is 4.70. The lowest BCUT2D eigenvalue weighted by atomic mass is 10.1. The molecule has 0 radical (unpaired) electrons. The van der Waals surface area contributed by atoms with Crippen LogP contribution in [-0.4, -0.2) is 23.6 Å². The van der Waals surface area contributed by atoms with Crippen LogP contribution in [0.1, 0.15) is 12.5 Å². The fourth-order valence-corrected chi connectivity index (χ4v) is 1.15. The van der Waals surface area contributed by atoms with Crippen LogP contribution in [0, 0.1) is 0 Å². The average Bonchev–Trinajstić information content (AvgIpc) is 2.30. The van der Waals surface area contributed by atoms with Crippen LogP contribution in [0.2, 0.25) is 0 Å². The van der Waals surface area contributed by atoms with Gasteiger partial charge in [0.05, 0.1) is 0 Å². The van der Waals surface area contributed by atoms with Crippen LogP contribution in [0.15, 0.2) is 36.4 Å². The highest BCUT2D eigenvalue weighted by molar-refractivity contribution is 6.20. The minimum absolute atomic E-state index is 0.158. The molecule has 0 unspecified atom stereocenters. The summed E-state index contributed by atoms with van der Waals surface area (Å²) in [7, 11) is 0. The fraction of sp³-hybridized carbons (Fsp3) is 0.167. The van der Waals surface area contributed by atoms with E-state index in [0.29, 0.717) is 6.21 Å². The second-order valence-electron chi connectivity index (χ2n) is 3.13. The first-order chi connectivity index (χ1) is 7.74. The Labute approximate surface area is 93.8 Å². The van der Waals surface area contributed by atoms with Gasteiger partial charge in [0, 0.05) is 0 Å². The molecule has 0 saturated heterocycles. The highest BCUT2D eigenvalue weighted by Gasteiger charge is 2.01. The third-order valence-electron chi connectivity index (χ3n) is 2.01. The number of ether oxygens (including phenoxy) is 1. The third kappa shape index (κ3) is 3.90. The van der Waals surface area contributed by atoms with Crippen LogP contribution in [0.25, 0.3) is 11.1 Å². The lowest BCUT2D eigenvalue weighted by Crippen LogP contribution is -2.06. The molecule has 0 N–H and O–H groups in total. The number of hydrogen-bond donors (Lipinski definition) is 0. The van der Waals surface area contributed by atoms with E-state index in [4.69, 9.17) is 10.3 Å². The molecular formula is C12H12N2O2. The normalized spacial score (nSPS) is 10.4. The Morgan fingerprint density at radius 1 is 1.44 bits per heavy atom. The molecule has 0 fully saturated rings. The molecule has 16 heavy (non-hydrogen) atoms. The van der Waals surface area contributed by atoms with Crippen molar-refractivity contribution in [3.05, 3.63) is 47.5 Å². The molecule has 4 heteroatoms. The first-order valence-corrected chi connectivity index (χ1v) is 4.80. The molecule has 1 aromatic rings. The molecule has 0 bridgehead atoms. The summed E-state index contributed by atoms with van der Waals surface area (Å²) < 4.78 is 4.75. The van der Waals surface area contributed by atoms with Crippen molar-refractivity contribution in [3.8, 4) is 0 Å². The Bertz CT molecular complexity index is 432. The van der Waals surface area contributed by atoms with Gasteiger partial charge in [-0.1, -0.05) is 30.3 Å². The van der Waals surface area contributed by atoms with E-state index in [-0.39, 0.29) is 6.61 Å². The predicted octanol–water partition coefficient (Wildman–Crippen LogP) is 1.93. The Balaban J connectivity index is 2.52. The summed E-state index contributed by atoms with van der Waals surface area (Å²) in [5, 5.41) is 0. The quantitative estimate of drug-likeness (QED) is 0.334. The maximum atomic E-state index is 10.8. The van der Waals surface area contributed by atoms with E-state index in [1.807, 2.05) is 37.3 Å². The number of carbonyl (C=O) groups excluding carboxylic acids is 1. The smallest absolute Gasteiger partial charge is 0.413 e. The summed E-state index contributed by atoms with van der Waals surface area (Å²) >= 11 is 0. The Morgan fingerprint density at radius 2 is 2.12 bits per heavy atom. The Morgan fingerprint density at radius 3 is 2.75 bits per heavy atom. The van der Waals surface area contributed by atoms with E-state index < -0.39 is 5.97 Å². The molecule has 0 saturated carbocycles. The van der Waals surface area contributed by atoms with Gasteiger partial charge in [-0.3, -0.25) is 0 Å². The largest absolute Gasteiger partial charge is 0.453 e. The highest BCUT2D eigenvalue weighted by atomic mass is 16.5. The van der Waals surface area contributed by atoms with Crippen molar-refractivity contribution in [2.24, 2.45) is 0 Å². The standard InChI is InChI=1S/C12H12N2O2/c1-10(11-5-3-2-4-6-11)7-8-16-12(15)9-14-13/h2-7,9H,8H2,1H3. The van der Waals surface area contributed by atoms with Gasteiger partial charge in [0.2, 0.25) is 0 Å². The van der Waals surface area contributed by atoms with Gasteiger partial charge in [0.1, 0.15) is 6.61 Å². The van der Waals surface area contributed by atoms with Crippen molar-refractivity contribution in [2.75, 3.05) is 6.61 Å². The minimum Gasteiger partial charge on any atom is -0.453 e. The zero-order chi connectivity index (χ0) is 11.8. The monoisotopic (exact) mass is 216 g/mol. The first kappa shape index (κ1) is 11.9. The number of hydrogen-bond acceptors (Lipinski definition) is 2. The van der Waals surface area contributed by atoms with Gasteiger partial charge in [-0.15, -0.1) is 0 Å². The van der Waals surface area contributed by atoms with E-state index in [2.05, 4.69) is 4.79 Å². The van der Waals surface area contributed by atoms with Crippen molar-refractivity contribution >= 4 is 17.8 Å². The topological polar surface area (TPSA) is 62.7 Å². The molecule has 0 spiro atoms. The van der Waals surface area contributed by atoms with Gasteiger partial charge in [0.15, 0.2) is 0 Å². The van der Waals surface area contributed by atoms with Crippen LogP contribution < -0.4 is 0 Å². The van der Waals surface area contributed by atoms with Crippen LogP contribution in [-0.2, 0) is 9.53 Å². The zero-order valence-corrected chi connectivity index (χ0v) is 8.96. The molecular weight excluding hydrogens is 204 g/mol. The second-order valence-corrected chi connectivity index (χ2v) is 3.13. The lowest BCUT2D eigenvalue weighted by Gasteiger charge is -2.00. The van der Waals surface area contributed by atoms with E-state index in [9.17, 15) is 4.79 Å². The van der Waals surface area contributed by atoms with Gasteiger partial charge in [0.25, 0.3) is 0 Å². The Hall–Kier alpha value is -2.19. The number of benzene rings is 1. The van der Waals surface area contributed by atoms with Crippen LogP contribution >= 0.6 is 0 Å². The highest BCUT2D eigenvalue weighted by Crippen LogP contribution is 2.11. The number of esters is 1. The van der Waals surface area contributed by atoms with Crippen molar-refractivity contribution in [1.82, 2.24) is 0 Å². The van der Waals surface area contributed by atoms with E-state index in [1.165, 1.54) is 0 Å². The summed E-state index contributed by atoms with van der Waals surface area (Å²) in [5.41, 5.74) is 10.2. The van der Waals surface area contributed by atoms with Crippen molar-refractivity contribution in [2.45, 2.75) is 6.92 Å². The number of carbonyl (C=O) groups is 1. The van der Waals surface area contributed by atoms with Crippen molar-refractivity contribution in [3.63, 3.8) is 0 Å². The minimum atomic E-state index is -0.667. The molecule has 0 aliphatic carbocycles. The van der Waals surface area contributed by atoms with Crippen LogP contribution in [0.4, 0.5) is 0 Å². The van der Waals surface area contributed by atoms with E-state index >= 15 is 0 Å². The maximum Gasteiger partial charge on any atom is 0.413 e. The number of allylic oxidation sites excluding steroid dienone is 1. The van der Waals surface area contributed by atoms with Gasteiger partial charge >= 0.3 is 12.2 Å². The molecule has 82 valence electrons. The molecule has 1 aromatic carbocycles. The third-order valence-corrected chi connectivity index (χ3v) is 2.01. The van der Waals surface area contributed by atoms with Crippen LogP contribution in [0.5, 0.6) is 0 Å². The second kappa shape index (κ2) is 6.32.